The first-order valence-corrected chi connectivity index (χ1v) is 8.28. The number of likely N-dealkylation sites (tertiary alicyclic amines) is 1. The quantitative estimate of drug-likeness (QED) is 0.605. The number of Topliss-reactive ketones (excluding diaryl/α,β-unsaturated/α-hetero) is 1. The number of aromatic nitrogens is 1. The maximum atomic E-state index is 12.4. The standard InChI is InChI=1S/C16H23BrN2O/c1-3-12(2)11-19-9-7-13(8-10-19)16(20)14-5-4-6-15(17)18-14/h4-6,12-13H,3,7-11H2,1-2H3. The number of piperidine rings is 1. The van der Waals surface area contributed by atoms with Gasteiger partial charge in [0, 0.05) is 12.5 Å². The predicted octanol–water partition coefficient (Wildman–Crippen LogP) is 3.78. The first-order valence-electron chi connectivity index (χ1n) is 7.49. The summed E-state index contributed by atoms with van der Waals surface area (Å²) in [6, 6.07) is 5.55. The summed E-state index contributed by atoms with van der Waals surface area (Å²) in [7, 11) is 0. The number of pyridine rings is 1. The summed E-state index contributed by atoms with van der Waals surface area (Å²) in [5.74, 6) is 1.09. The molecule has 1 unspecified atom stereocenters. The molecule has 0 aromatic carbocycles. The zero-order chi connectivity index (χ0) is 14.5. The average Bonchev–Trinajstić information content (AvgIpc) is 2.47. The van der Waals surface area contributed by atoms with E-state index in [4.69, 9.17) is 0 Å². The summed E-state index contributed by atoms with van der Waals surface area (Å²) < 4.78 is 0.734. The molecule has 110 valence electrons. The van der Waals surface area contributed by atoms with Crippen LogP contribution < -0.4 is 0 Å². The Kier molecular flexibility index (Phi) is 5.73. The van der Waals surface area contributed by atoms with Crippen LogP contribution in [0.15, 0.2) is 22.8 Å². The van der Waals surface area contributed by atoms with Crippen LogP contribution in [-0.4, -0.2) is 35.3 Å². The van der Waals surface area contributed by atoms with Crippen LogP contribution in [0.1, 0.15) is 43.6 Å². The lowest BCUT2D eigenvalue weighted by Gasteiger charge is -2.32. The minimum Gasteiger partial charge on any atom is -0.303 e. The molecule has 2 heterocycles. The van der Waals surface area contributed by atoms with Gasteiger partial charge in [-0.3, -0.25) is 4.79 Å². The molecule has 1 aliphatic heterocycles. The zero-order valence-electron chi connectivity index (χ0n) is 12.3. The molecule has 1 aliphatic rings. The minimum atomic E-state index is 0.144. The van der Waals surface area contributed by atoms with Gasteiger partial charge in [0.15, 0.2) is 5.78 Å². The number of ketones is 1. The van der Waals surface area contributed by atoms with Gasteiger partial charge in [-0.1, -0.05) is 26.3 Å². The fourth-order valence-electron chi connectivity index (χ4n) is 2.70. The van der Waals surface area contributed by atoms with Crippen LogP contribution in [0.4, 0.5) is 0 Å². The van der Waals surface area contributed by atoms with E-state index in [1.54, 1.807) is 0 Å². The van der Waals surface area contributed by atoms with Gasteiger partial charge in [0.25, 0.3) is 0 Å². The van der Waals surface area contributed by atoms with Gasteiger partial charge in [-0.05, 0) is 59.9 Å². The van der Waals surface area contributed by atoms with Gasteiger partial charge in [-0.15, -0.1) is 0 Å². The number of hydrogen-bond donors (Lipinski definition) is 0. The molecular weight excluding hydrogens is 316 g/mol. The van der Waals surface area contributed by atoms with E-state index in [0.29, 0.717) is 5.69 Å². The van der Waals surface area contributed by atoms with Crippen molar-refractivity contribution in [3.05, 3.63) is 28.5 Å². The van der Waals surface area contributed by atoms with E-state index >= 15 is 0 Å². The van der Waals surface area contributed by atoms with Crippen LogP contribution in [0.2, 0.25) is 0 Å². The zero-order valence-corrected chi connectivity index (χ0v) is 13.9. The molecule has 0 radical (unpaired) electrons. The van der Waals surface area contributed by atoms with Crippen molar-refractivity contribution in [1.29, 1.82) is 0 Å². The Labute approximate surface area is 129 Å². The maximum absolute atomic E-state index is 12.4. The molecule has 0 N–H and O–H groups in total. The van der Waals surface area contributed by atoms with Gasteiger partial charge in [0.05, 0.1) is 0 Å². The number of halogens is 1. The smallest absolute Gasteiger partial charge is 0.184 e. The topological polar surface area (TPSA) is 33.2 Å². The third-order valence-electron chi connectivity index (χ3n) is 4.19. The van der Waals surface area contributed by atoms with Crippen molar-refractivity contribution in [3.63, 3.8) is 0 Å². The number of carbonyl (C=O) groups excluding carboxylic acids is 1. The Hall–Kier alpha value is -0.740. The van der Waals surface area contributed by atoms with Crippen LogP contribution in [0.25, 0.3) is 0 Å². The van der Waals surface area contributed by atoms with Crippen molar-refractivity contribution >= 4 is 21.7 Å². The molecular formula is C16H23BrN2O. The number of nitrogens with zero attached hydrogens (tertiary/aromatic N) is 2. The highest BCUT2D eigenvalue weighted by Crippen LogP contribution is 2.22. The first kappa shape index (κ1) is 15.6. The minimum absolute atomic E-state index is 0.144. The number of hydrogen-bond acceptors (Lipinski definition) is 3. The lowest BCUT2D eigenvalue weighted by atomic mass is 9.90. The van der Waals surface area contributed by atoms with Gasteiger partial charge < -0.3 is 4.90 Å². The van der Waals surface area contributed by atoms with E-state index in [-0.39, 0.29) is 11.7 Å². The van der Waals surface area contributed by atoms with E-state index in [1.807, 2.05) is 18.2 Å². The lowest BCUT2D eigenvalue weighted by Crippen LogP contribution is -2.38. The van der Waals surface area contributed by atoms with Gasteiger partial charge in [-0.2, -0.15) is 0 Å². The van der Waals surface area contributed by atoms with Crippen LogP contribution in [0.5, 0.6) is 0 Å². The third-order valence-corrected chi connectivity index (χ3v) is 4.63. The van der Waals surface area contributed by atoms with Crippen LogP contribution in [-0.2, 0) is 0 Å². The molecule has 3 nitrogen and oxygen atoms in total. The molecule has 1 saturated heterocycles. The summed E-state index contributed by atoms with van der Waals surface area (Å²) >= 11 is 3.33. The summed E-state index contributed by atoms with van der Waals surface area (Å²) in [5.41, 5.74) is 0.597. The second-order valence-corrected chi connectivity index (χ2v) is 6.61. The molecule has 2 rings (SSSR count). The Morgan fingerprint density at radius 2 is 2.15 bits per heavy atom. The number of carbonyl (C=O) groups is 1. The summed E-state index contributed by atoms with van der Waals surface area (Å²) in [6.45, 7) is 7.76. The largest absolute Gasteiger partial charge is 0.303 e. The van der Waals surface area contributed by atoms with Crippen molar-refractivity contribution in [1.82, 2.24) is 9.88 Å². The highest BCUT2D eigenvalue weighted by Gasteiger charge is 2.26. The van der Waals surface area contributed by atoms with E-state index in [9.17, 15) is 4.79 Å². The fourth-order valence-corrected chi connectivity index (χ4v) is 3.05. The van der Waals surface area contributed by atoms with Crippen LogP contribution in [0.3, 0.4) is 0 Å². The molecule has 0 spiro atoms. The van der Waals surface area contributed by atoms with Crippen molar-refractivity contribution < 1.29 is 4.79 Å². The van der Waals surface area contributed by atoms with Crippen molar-refractivity contribution in [2.24, 2.45) is 11.8 Å². The molecule has 1 atom stereocenters. The highest BCUT2D eigenvalue weighted by molar-refractivity contribution is 9.10. The molecule has 4 heteroatoms. The Bertz CT molecular complexity index is 456. The molecule has 1 fully saturated rings. The molecule has 1 aromatic heterocycles. The SMILES string of the molecule is CCC(C)CN1CCC(C(=O)c2cccc(Br)n2)CC1. The number of rotatable bonds is 5. The van der Waals surface area contributed by atoms with E-state index in [0.717, 1.165) is 43.0 Å². The molecule has 0 amide bonds. The predicted molar refractivity (Wildman–Crippen MR) is 84.9 cm³/mol. The summed E-state index contributed by atoms with van der Waals surface area (Å²) in [4.78, 5) is 19.2. The Balaban J connectivity index is 1.89. The fraction of sp³-hybridized carbons (Fsp3) is 0.625. The highest BCUT2D eigenvalue weighted by atomic mass is 79.9. The summed E-state index contributed by atoms with van der Waals surface area (Å²) in [5, 5.41) is 0. The van der Waals surface area contributed by atoms with Crippen LogP contribution >= 0.6 is 15.9 Å². The van der Waals surface area contributed by atoms with Gasteiger partial charge >= 0.3 is 0 Å². The van der Waals surface area contributed by atoms with Gasteiger partial charge in [0.1, 0.15) is 10.3 Å². The van der Waals surface area contributed by atoms with Gasteiger partial charge in [0.2, 0.25) is 0 Å². The van der Waals surface area contributed by atoms with E-state index in [2.05, 4.69) is 39.7 Å². The normalized spacial score (nSPS) is 18.9. The molecule has 0 aliphatic carbocycles. The maximum Gasteiger partial charge on any atom is 0.184 e. The molecule has 0 bridgehead atoms. The van der Waals surface area contributed by atoms with Crippen molar-refractivity contribution in [2.45, 2.75) is 33.1 Å². The Morgan fingerprint density at radius 1 is 1.45 bits per heavy atom. The second kappa shape index (κ2) is 7.32. The van der Waals surface area contributed by atoms with Crippen molar-refractivity contribution in [3.8, 4) is 0 Å². The average molecular weight is 339 g/mol. The van der Waals surface area contributed by atoms with Gasteiger partial charge in [-0.25, -0.2) is 4.98 Å². The van der Waals surface area contributed by atoms with Crippen molar-refractivity contribution in [2.75, 3.05) is 19.6 Å². The third kappa shape index (κ3) is 4.13. The van der Waals surface area contributed by atoms with E-state index < -0.39 is 0 Å². The van der Waals surface area contributed by atoms with Crippen LogP contribution in [0, 0.1) is 11.8 Å². The second-order valence-electron chi connectivity index (χ2n) is 5.80. The molecule has 0 saturated carbocycles. The molecule has 20 heavy (non-hydrogen) atoms. The molecule has 1 aromatic rings. The Morgan fingerprint density at radius 3 is 2.75 bits per heavy atom. The monoisotopic (exact) mass is 338 g/mol. The first-order chi connectivity index (χ1) is 9.60. The lowest BCUT2D eigenvalue weighted by molar-refractivity contribution is 0.0823. The van der Waals surface area contributed by atoms with E-state index in [1.165, 1.54) is 6.42 Å². The summed E-state index contributed by atoms with van der Waals surface area (Å²) in [6.07, 6.45) is 3.15.